The van der Waals surface area contributed by atoms with E-state index in [1.54, 1.807) is 4.90 Å². The van der Waals surface area contributed by atoms with Crippen molar-refractivity contribution in [3.05, 3.63) is 30.3 Å². The van der Waals surface area contributed by atoms with Crippen molar-refractivity contribution in [2.45, 2.75) is 25.3 Å². The molecule has 1 fully saturated rings. The van der Waals surface area contributed by atoms with Crippen molar-refractivity contribution in [3.8, 4) is 0 Å². The maximum Gasteiger partial charge on any atom is 0.243 e. The predicted octanol–water partition coefficient (Wildman–Crippen LogP) is 1.79. The van der Waals surface area contributed by atoms with Gasteiger partial charge in [0.05, 0.1) is 6.04 Å². The fraction of sp³-hybridized carbons (Fsp3) is 0.462. The summed E-state index contributed by atoms with van der Waals surface area (Å²) < 4.78 is 0. The largest absolute Gasteiger partial charge is 0.314 e. The van der Waals surface area contributed by atoms with Crippen molar-refractivity contribution in [2.24, 2.45) is 0 Å². The third kappa shape index (κ3) is 2.42. The number of hydrogen-bond donors (Lipinski definition) is 1. The molecule has 0 radical (unpaired) electrons. The number of piperidine rings is 1. The van der Waals surface area contributed by atoms with Crippen molar-refractivity contribution in [3.63, 3.8) is 0 Å². The van der Waals surface area contributed by atoms with E-state index in [1.807, 2.05) is 37.4 Å². The number of carbonyl (C=O) groups excluding carboxylic acids is 1. The van der Waals surface area contributed by atoms with Gasteiger partial charge in [-0.25, -0.2) is 0 Å². The number of rotatable bonds is 2. The summed E-state index contributed by atoms with van der Waals surface area (Å²) in [7, 11) is 1.84. The Labute approximate surface area is 96.5 Å². The van der Waals surface area contributed by atoms with Gasteiger partial charge >= 0.3 is 0 Å². The average Bonchev–Trinajstić information content (AvgIpc) is 2.39. The van der Waals surface area contributed by atoms with Crippen LogP contribution in [-0.2, 0) is 4.79 Å². The quantitative estimate of drug-likeness (QED) is 0.820. The number of amides is 1. The summed E-state index contributed by atoms with van der Waals surface area (Å²) in [6.07, 6.45) is 3.28. The monoisotopic (exact) mass is 218 g/mol. The number of anilines is 1. The number of carbonyl (C=O) groups is 1. The van der Waals surface area contributed by atoms with Gasteiger partial charge in [0, 0.05) is 12.7 Å². The molecular weight excluding hydrogens is 200 g/mol. The minimum atomic E-state index is -0.000967. The van der Waals surface area contributed by atoms with Gasteiger partial charge in [-0.15, -0.1) is 0 Å². The Morgan fingerprint density at radius 3 is 2.69 bits per heavy atom. The summed E-state index contributed by atoms with van der Waals surface area (Å²) in [4.78, 5) is 13.9. The minimum Gasteiger partial charge on any atom is -0.314 e. The van der Waals surface area contributed by atoms with Crippen molar-refractivity contribution < 1.29 is 4.79 Å². The molecule has 1 atom stereocenters. The maximum atomic E-state index is 12.2. The molecule has 1 N–H and O–H groups in total. The van der Waals surface area contributed by atoms with Gasteiger partial charge in [-0.05, 0) is 31.5 Å². The zero-order valence-corrected chi connectivity index (χ0v) is 9.65. The topological polar surface area (TPSA) is 32.3 Å². The van der Waals surface area contributed by atoms with Crippen LogP contribution in [0.2, 0.25) is 0 Å². The fourth-order valence-electron chi connectivity index (χ4n) is 2.08. The summed E-state index contributed by atoms with van der Waals surface area (Å²) in [5.41, 5.74) is 0.958. The van der Waals surface area contributed by atoms with Crippen molar-refractivity contribution in [1.29, 1.82) is 0 Å². The molecule has 3 nitrogen and oxygen atoms in total. The highest BCUT2D eigenvalue weighted by Crippen LogP contribution is 2.15. The van der Waals surface area contributed by atoms with E-state index in [1.165, 1.54) is 6.42 Å². The molecule has 1 amide bonds. The summed E-state index contributed by atoms with van der Waals surface area (Å²) in [6, 6.07) is 9.78. The molecule has 2 rings (SSSR count). The standard InChI is InChI=1S/C13H18N2O/c1-15(11-7-3-2-4-8-11)13(16)12-9-5-6-10-14-12/h2-4,7-8,12,14H,5-6,9-10H2,1H3/t12-/m0/s1. The third-order valence-corrected chi connectivity index (χ3v) is 3.08. The van der Waals surface area contributed by atoms with Crippen LogP contribution in [0.15, 0.2) is 30.3 Å². The van der Waals surface area contributed by atoms with Crippen LogP contribution >= 0.6 is 0 Å². The van der Waals surface area contributed by atoms with Gasteiger partial charge in [0.15, 0.2) is 0 Å². The molecule has 1 aliphatic heterocycles. The Morgan fingerprint density at radius 1 is 1.31 bits per heavy atom. The first kappa shape index (κ1) is 11.1. The van der Waals surface area contributed by atoms with Crippen LogP contribution in [0.3, 0.4) is 0 Å². The highest BCUT2D eigenvalue weighted by molar-refractivity contribution is 5.96. The molecule has 0 bridgehead atoms. The minimum absolute atomic E-state index is 0.000967. The molecule has 3 heteroatoms. The van der Waals surface area contributed by atoms with Gasteiger partial charge < -0.3 is 10.2 Å². The molecule has 0 aliphatic carbocycles. The second-order valence-corrected chi connectivity index (χ2v) is 4.24. The summed E-state index contributed by atoms with van der Waals surface area (Å²) in [5, 5.41) is 3.28. The van der Waals surface area contributed by atoms with Crippen molar-refractivity contribution in [2.75, 3.05) is 18.5 Å². The van der Waals surface area contributed by atoms with E-state index in [9.17, 15) is 4.79 Å². The number of hydrogen-bond acceptors (Lipinski definition) is 2. The maximum absolute atomic E-state index is 12.2. The lowest BCUT2D eigenvalue weighted by molar-refractivity contribution is -0.120. The lowest BCUT2D eigenvalue weighted by Gasteiger charge is -2.27. The molecule has 0 unspecified atom stereocenters. The van der Waals surface area contributed by atoms with Gasteiger partial charge in [0.1, 0.15) is 0 Å². The van der Waals surface area contributed by atoms with E-state index < -0.39 is 0 Å². The van der Waals surface area contributed by atoms with Crippen molar-refractivity contribution in [1.82, 2.24) is 5.32 Å². The highest BCUT2D eigenvalue weighted by atomic mass is 16.2. The van der Waals surface area contributed by atoms with E-state index in [0.29, 0.717) is 0 Å². The summed E-state index contributed by atoms with van der Waals surface area (Å²) in [6.45, 7) is 0.957. The van der Waals surface area contributed by atoms with Crippen LogP contribution in [-0.4, -0.2) is 25.5 Å². The molecule has 1 saturated heterocycles. The molecule has 86 valence electrons. The van der Waals surface area contributed by atoms with Crippen LogP contribution in [0.25, 0.3) is 0 Å². The van der Waals surface area contributed by atoms with E-state index in [-0.39, 0.29) is 11.9 Å². The van der Waals surface area contributed by atoms with Crippen LogP contribution in [0.5, 0.6) is 0 Å². The van der Waals surface area contributed by atoms with Gasteiger partial charge in [-0.3, -0.25) is 4.79 Å². The lowest BCUT2D eigenvalue weighted by atomic mass is 10.0. The molecular formula is C13H18N2O. The molecule has 0 saturated carbocycles. The Balaban J connectivity index is 2.04. The van der Waals surface area contributed by atoms with E-state index >= 15 is 0 Å². The van der Waals surface area contributed by atoms with Crippen LogP contribution in [0.1, 0.15) is 19.3 Å². The van der Waals surface area contributed by atoms with Gasteiger partial charge in [-0.1, -0.05) is 24.6 Å². The summed E-state index contributed by atoms with van der Waals surface area (Å²) in [5.74, 6) is 0.172. The molecule has 1 aromatic carbocycles. The SMILES string of the molecule is CN(C(=O)[C@@H]1CCCCN1)c1ccccc1. The number of likely N-dealkylation sites (N-methyl/N-ethyl adjacent to an activating group) is 1. The average molecular weight is 218 g/mol. The highest BCUT2D eigenvalue weighted by Gasteiger charge is 2.23. The Bertz CT molecular complexity index is 344. The smallest absolute Gasteiger partial charge is 0.243 e. The van der Waals surface area contributed by atoms with Crippen LogP contribution in [0, 0.1) is 0 Å². The molecule has 1 aliphatic rings. The number of benzene rings is 1. The molecule has 0 spiro atoms. The fourth-order valence-corrected chi connectivity index (χ4v) is 2.08. The van der Waals surface area contributed by atoms with E-state index in [0.717, 1.165) is 25.1 Å². The molecule has 1 aromatic rings. The summed E-state index contributed by atoms with van der Waals surface area (Å²) >= 11 is 0. The molecule has 0 aromatic heterocycles. The van der Waals surface area contributed by atoms with Gasteiger partial charge in [0.2, 0.25) is 5.91 Å². The molecule has 16 heavy (non-hydrogen) atoms. The number of nitrogens with zero attached hydrogens (tertiary/aromatic N) is 1. The van der Waals surface area contributed by atoms with Crippen LogP contribution < -0.4 is 10.2 Å². The Kier molecular flexibility index (Phi) is 3.57. The molecule has 1 heterocycles. The Morgan fingerprint density at radius 2 is 2.06 bits per heavy atom. The van der Waals surface area contributed by atoms with Gasteiger partial charge in [0.25, 0.3) is 0 Å². The zero-order valence-electron chi connectivity index (χ0n) is 9.65. The predicted molar refractivity (Wildman–Crippen MR) is 65.5 cm³/mol. The number of nitrogens with one attached hydrogen (secondary N) is 1. The van der Waals surface area contributed by atoms with Crippen molar-refractivity contribution >= 4 is 11.6 Å². The van der Waals surface area contributed by atoms with E-state index in [2.05, 4.69) is 5.32 Å². The lowest BCUT2D eigenvalue weighted by Crippen LogP contribution is -2.47. The third-order valence-electron chi connectivity index (χ3n) is 3.08. The number of para-hydroxylation sites is 1. The first-order chi connectivity index (χ1) is 7.79. The van der Waals surface area contributed by atoms with E-state index in [4.69, 9.17) is 0 Å². The Hall–Kier alpha value is -1.35. The van der Waals surface area contributed by atoms with Crippen LogP contribution in [0.4, 0.5) is 5.69 Å². The zero-order chi connectivity index (χ0) is 11.4. The van der Waals surface area contributed by atoms with Gasteiger partial charge in [-0.2, -0.15) is 0 Å². The second kappa shape index (κ2) is 5.12. The first-order valence-corrected chi connectivity index (χ1v) is 5.85. The normalized spacial score (nSPS) is 20.4. The first-order valence-electron chi connectivity index (χ1n) is 5.85. The second-order valence-electron chi connectivity index (χ2n) is 4.24.